The zero-order valence-corrected chi connectivity index (χ0v) is 21.6. The molecular formula is C26H31N7O2S. The number of aromatic nitrogens is 4. The number of hydrogen-bond acceptors (Lipinski definition) is 8. The summed E-state index contributed by atoms with van der Waals surface area (Å²) in [4.78, 5) is 26.3. The SMILES string of the molecule is CCN(CC)C(C)CNC(=O)c1cc(NC2COC2)nc(-c2cnn3ccc(-c4cccs4)nc23)c1. The Morgan fingerprint density at radius 3 is 2.75 bits per heavy atom. The molecule has 5 rings (SSSR count). The molecule has 188 valence electrons. The Bertz CT molecular complexity index is 1330. The van der Waals surface area contributed by atoms with Gasteiger partial charge in [-0.3, -0.25) is 9.69 Å². The van der Waals surface area contributed by atoms with Crippen molar-refractivity contribution in [1.82, 2.24) is 29.8 Å². The van der Waals surface area contributed by atoms with Crippen molar-refractivity contribution in [2.75, 3.05) is 38.2 Å². The van der Waals surface area contributed by atoms with E-state index in [1.54, 1.807) is 28.1 Å². The van der Waals surface area contributed by atoms with Gasteiger partial charge in [-0.1, -0.05) is 19.9 Å². The molecule has 0 spiro atoms. The number of carbonyl (C=O) groups excluding carboxylic acids is 1. The van der Waals surface area contributed by atoms with Gasteiger partial charge in [0.2, 0.25) is 0 Å². The first kappa shape index (κ1) is 24.4. The van der Waals surface area contributed by atoms with Gasteiger partial charge in [0.1, 0.15) is 5.82 Å². The second kappa shape index (κ2) is 10.7. The van der Waals surface area contributed by atoms with Crippen LogP contribution in [0.2, 0.25) is 0 Å². The van der Waals surface area contributed by atoms with E-state index in [1.807, 2.05) is 35.8 Å². The molecule has 1 fully saturated rings. The van der Waals surface area contributed by atoms with Gasteiger partial charge in [-0.05, 0) is 49.7 Å². The molecule has 0 aliphatic carbocycles. The van der Waals surface area contributed by atoms with Crippen LogP contribution in [0.1, 0.15) is 31.1 Å². The number of nitrogens with zero attached hydrogens (tertiary/aromatic N) is 5. The van der Waals surface area contributed by atoms with Crippen LogP contribution in [0.3, 0.4) is 0 Å². The summed E-state index contributed by atoms with van der Waals surface area (Å²) in [5.74, 6) is 0.505. The Balaban J connectivity index is 1.47. The summed E-state index contributed by atoms with van der Waals surface area (Å²) in [7, 11) is 0. The fourth-order valence-electron chi connectivity index (χ4n) is 4.33. The summed E-state index contributed by atoms with van der Waals surface area (Å²) in [5.41, 5.74) is 3.53. The molecule has 9 nitrogen and oxygen atoms in total. The highest BCUT2D eigenvalue weighted by Crippen LogP contribution is 2.28. The van der Waals surface area contributed by atoms with Crippen LogP contribution in [0.4, 0.5) is 5.82 Å². The highest BCUT2D eigenvalue weighted by atomic mass is 32.1. The molecule has 1 aliphatic heterocycles. The zero-order valence-electron chi connectivity index (χ0n) is 20.8. The molecule has 10 heteroatoms. The summed E-state index contributed by atoms with van der Waals surface area (Å²) in [6, 6.07) is 10.0. The maximum atomic E-state index is 13.2. The van der Waals surface area contributed by atoms with Gasteiger partial charge in [0.25, 0.3) is 5.91 Å². The number of fused-ring (bicyclic) bond motifs is 1. The third kappa shape index (κ3) is 5.11. The Morgan fingerprint density at radius 2 is 2.06 bits per heavy atom. The maximum Gasteiger partial charge on any atom is 0.251 e. The third-order valence-electron chi connectivity index (χ3n) is 6.49. The van der Waals surface area contributed by atoms with Crippen molar-refractivity contribution in [2.45, 2.75) is 32.9 Å². The Morgan fingerprint density at radius 1 is 1.22 bits per heavy atom. The van der Waals surface area contributed by atoms with Crippen molar-refractivity contribution >= 4 is 28.7 Å². The van der Waals surface area contributed by atoms with Crippen molar-refractivity contribution in [3.05, 3.63) is 53.7 Å². The van der Waals surface area contributed by atoms with E-state index in [2.05, 4.69) is 41.4 Å². The number of pyridine rings is 1. The molecule has 2 N–H and O–H groups in total. The number of ether oxygens (including phenoxy) is 1. The zero-order chi connectivity index (χ0) is 25.1. The fraction of sp³-hybridized carbons (Fsp3) is 0.385. The molecule has 0 radical (unpaired) electrons. The van der Waals surface area contributed by atoms with Crippen LogP contribution in [0.5, 0.6) is 0 Å². The largest absolute Gasteiger partial charge is 0.377 e. The van der Waals surface area contributed by atoms with Crippen LogP contribution in [-0.2, 0) is 4.74 Å². The van der Waals surface area contributed by atoms with Crippen LogP contribution < -0.4 is 10.6 Å². The first-order chi connectivity index (χ1) is 17.6. The summed E-state index contributed by atoms with van der Waals surface area (Å²) in [6.45, 7) is 10.1. The average molecular weight is 506 g/mol. The second-order valence-corrected chi connectivity index (χ2v) is 9.85. The molecule has 0 bridgehead atoms. The van der Waals surface area contributed by atoms with Crippen LogP contribution in [-0.4, -0.2) is 75.3 Å². The Labute approximate surface area is 214 Å². The number of nitrogens with one attached hydrogen (secondary N) is 2. The quantitative estimate of drug-likeness (QED) is 0.338. The number of thiophene rings is 1. The molecule has 1 atom stereocenters. The summed E-state index contributed by atoms with van der Waals surface area (Å²) < 4.78 is 7.04. The van der Waals surface area contributed by atoms with Gasteiger partial charge < -0.3 is 15.4 Å². The van der Waals surface area contributed by atoms with Crippen LogP contribution >= 0.6 is 11.3 Å². The molecule has 0 aromatic carbocycles. The summed E-state index contributed by atoms with van der Waals surface area (Å²) in [6.07, 6.45) is 3.65. The van der Waals surface area contributed by atoms with Crippen LogP contribution in [0, 0.1) is 0 Å². The van der Waals surface area contributed by atoms with E-state index in [1.165, 1.54) is 0 Å². The van der Waals surface area contributed by atoms with E-state index in [9.17, 15) is 4.79 Å². The molecule has 1 saturated heterocycles. The third-order valence-corrected chi connectivity index (χ3v) is 7.38. The van der Waals surface area contributed by atoms with Crippen molar-refractivity contribution < 1.29 is 9.53 Å². The van der Waals surface area contributed by atoms with Gasteiger partial charge in [0, 0.05) is 24.3 Å². The van der Waals surface area contributed by atoms with Crippen LogP contribution in [0.25, 0.3) is 27.5 Å². The lowest BCUT2D eigenvalue weighted by molar-refractivity contribution is 0.0209. The predicted octanol–water partition coefficient (Wildman–Crippen LogP) is 3.79. The van der Waals surface area contributed by atoms with E-state index in [4.69, 9.17) is 14.7 Å². The van der Waals surface area contributed by atoms with E-state index in [0.29, 0.717) is 42.5 Å². The lowest BCUT2D eigenvalue weighted by Gasteiger charge is -2.28. The highest BCUT2D eigenvalue weighted by Gasteiger charge is 2.21. The van der Waals surface area contributed by atoms with Gasteiger partial charge in [-0.15, -0.1) is 11.3 Å². The van der Waals surface area contributed by atoms with Crippen molar-refractivity contribution in [1.29, 1.82) is 0 Å². The normalized spacial score (nSPS) is 14.7. The van der Waals surface area contributed by atoms with Crippen LogP contribution in [0.15, 0.2) is 48.1 Å². The number of anilines is 1. The van der Waals surface area contributed by atoms with Crippen molar-refractivity contribution in [2.24, 2.45) is 0 Å². The van der Waals surface area contributed by atoms with Gasteiger partial charge in [-0.25, -0.2) is 14.5 Å². The monoisotopic (exact) mass is 505 g/mol. The summed E-state index contributed by atoms with van der Waals surface area (Å²) in [5, 5.41) is 13.0. The molecule has 5 heterocycles. The number of carbonyl (C=O) groups is 1. The van der Waals surface area contributed by atoms with E-state index >= 15 is 0 Å². The van der Waals surface area contributed by atoms with Gasteiger partial charge in [0.15, 0.2) is 5.65 Å². The minimum absolute atomic E-state index is 0.130. The van der Waals surface area contributed by atoms with E-state index < -0.39 is 0 Å². The molecule has 0 saturated carbocycles. The molecule has 1 aliphatic rings. The minimum Gasteiger partial charge on any atom is -0.377 e. The Hall–Kier alpha value is -3.34. The van der Waals surface area contributed by atoms with Gasteiger partial charge >= 0.3 is 0 Å². The average Bonchev–Trinajstić information content (AvgIpc) is 3.55. The highest BCUT2D eigenvalue weighted by molar-refractivity contribution is 7.13. The molecule has 4 aromatic heterocycles. The standard InChI is InChI=1S/C26H31N7O2S/c1-4-32(5-2)17(3)13-27-26(34)18-11-22(30-24(12-18)29-19-15-35-16-19)20-14-28-33-9-8-21(31-25(20)33)23-7-6-10-36-23/h6-12,14,17,19H,4-5,13,15-16H2,1-3H3,(H,27,34)(H,29,30). The fourth-order valence-corrected chi connectivity index (χ4v) is 5.03. The molecular weight excluding hydrogens is 474 g/mol. The molecule has 36 heavy (non-hydrogen) atoms. The van der Waals surface area contributed by atoms with Gasteiger partial charge in [-0.2, -0.15) is 5.10 Å². The molecule has 1 amide bonds. The predicted molar refractivity (Wildman–Crippen MR) is 142 cm³/mol. The Kier molecular flexibility index (Phi) is 7.26. The topological polar surface area (TPSA) is 96.7 Å². The van der Waals surface area contributed by atoms with Crippen molar-refractivity contribution in [3.8, 4) is 21.8 Å². The number of likely N-dealkylation sites (N-methyl/N-ethyl adjacent to an activating group) is 1. The first-order valence-electron chi connectivity index (χ1n) is 12.3. The second-order valence-electron chi connectivity index (χ2n) is 8.90. The molecule has 4 aromatic rings. The number of amides is 1. The maximum absolute atomic E-state index is 13.2. The van der Waals surface area contributed by atoms with Crippen molar-refractivity contribution in [3.63, 3.8) is 0 Å². The van der Waals surface area contributed by atoms with E-state index in [-0.39, 0.29) is 18.0 Å². The lowest BCUT2D eigenvalue weighted by atomic mass is 10.1. The van der Waals surface area contributed by atoms with Gasteiger partial charge in [0.05, 0.1) is 47.3 Å². The lowest BCUT2D eigenvalue weighted by Crippen LogP contribution is -2.42. The first-order valence-corrected chi connectivity index (χ1v) is 13.2. The number of rotatable bonds is 10. The summed E-state index contributed by atoms with van der Waals surface area (Å²) >= 11 is 1.64. The smallest absolute Gasteiger partial charge is 0.251 e. The number of hydrogen-bond donors (Lipinski definition) is 2. The van der Waals surface area contributed by atoms with E-state index in [0.717, 1.165) is 29.2 Å². The molecule has 1 unspecified atom stereocenters. The minimum atomic E-state index is -0.130.